The van der Waals surface area contributed by atoms with Crippen LogP contribution in [0.25, 0.3) is 0 Å². The minimum atomic E-state index is -0.946. The summed E-state index contributed by atoms with van der Waals surface area (Å²) in [5, 5.41) is 3.13. The largest absolute Gasteiger partial charge is 0.467 e. The van der Waals surface area contributed by atoms with Gasteiger partial charge in [0.2, 0.25) is 0 Å². The second kappa shape index (κ2) is 8.61. The van der Waals surface area contributed by atoms with Crippen LogP contribution in [0.3, 0.4) is 0 Å². The van der Waals surface area contributed by atoms with Gasteiger partial charge >= 0.3 is 0 Å². The van der Waals surface area contributed by atoms with Gasteiger partial charge in [-0.1, -0.05) is 31.0 Å². The van der Waals surface area contributed by atoms with E-state index in [1.807, 2.05) is 32.0 Å². The maximum Gasteiger partial charge on any atom is 0.295 e. The van der Waals surface area contributed by atoms with Crippen LogP contribution in [0.4, 0.5) is 5.69 Å². The van der Waals surface area contributed by atoms with Crippen LogP contribution in [0, 0.1) is 13.8 Å². The summed E-state index contributed by atoms with van der Waals surface area (Å²) in [6, 6.07) is 11.7. The van der Waals surface area contributed by atoms with E-state index in [1.54, 1.807) is 24.3 Å². The molecule has 0 radical (unpaired) electrons. The van der Waals surface area contributed by atoms with Gasteiger partial charge in [-0.25, -0.2) is 0 Å². The van der Waals surface area contributed by atoms with E-state index in [2.05, 4.69) is 5.32 Å². The lowest BCUT2D eigenvalue weighted by Crippen LogP contribution is -2.46. The first-order valence-electron chi connectivity index (χ1n) is 10.3. The summed E-state index contributed by atoms with van der Waals surface area (Å²) >= 11 is 0. The van der Waals surface area contributed by atoms with Crippen molar-refractivity contribution >= 4 is 17.5 Å². The molecular weight excluding hydrogens is 380 g/mol. The molecule has 0 saturated heterocycles. The van der Waals surface area contributed by atoms with E-state index in [-0.39, 0.29) is 23.6 Å². The lowest BCUT2D eigenvalue weighted by Gasteiger charge is -2.32. The number of rotatable bonds is 6. The van der Waals surface area contributed by atoms with Gasteiger partial charge in [0.15, 0.2) is 11.8 Å². The second-order valence-electron chi connectivity index (χ2n) is 7.80. The van der Waals surface area contributed by atoms with Crippen molar-refractivity contribution in [3.05, 3.63) is 77.6 Å². The number of anilines is 1. The van der Waals surface area contributed by atoms with Gasteiger partial charge in [-0.05, 0) is 62.1 Å². The number of benzene rings is 1. The summed E-state index contributed by atoms with van der Waals surface area (Å²) < 4.78 is 11.1. The third-order valence-electron chi connectivity index (χ3n) is 5.65. The molecule has 0 unspecified atom stereocenters. The van der Waals surface area contributed by atoms with E-state index in [4.69, 9.17) is 8.83 Å². The molecule has 2 aromatic heterocycles. The quantitative estimate of drug-likeness (QED) is 0.629. The number of nitrogens with one attached hydrogen (secondary N) is 1. The molecule has 0 spiro atoms. The van der Waals surface area contributed by atoms with Gasteiger partial charge in [-0.2, -0.15) is 0 Å². The number of carbonyl (C=O) groups is 2. The minimum Gasteiger partial charge on any atom is -0.467 e. The van der Waals surface area contributed by atoms with Gasteiger partial charge in [0, 0.05) is 6.04 Å². The molecule has 30 heavy (non-hydrogen) atoms. The summed E-state index contributed by atoms with van der Waals surface area (Å²) in [5.41, 5.74) is 2.46. The molecule has 1 fully saturated rings. The van der Waals surface area contributed by atoms with Crippen molar-refractivity contribution in [2.75, 3.05) is 4.90 Å². The molecular formula is C24H26N2O4. The zero-order valence-electron chi connectivity index (χ0n) is 17.3. The number of hydrogen-bond acceptors (Lipinski definition) is 4. The Morgan fingerprint density at radius 3 is 2.23 bits per heavy atom. The summed E-state index contributed by atoms with van der Waals surface area (Å²) in [7, 11) is 0. The number of nitrogens with zero attached hydrogens (tertiary/aromatic N) is 1. The number of para-hydroxylation sites is 1. The molecule has 1 aliphatic carbocycles. The van der Waals surface area contributed by atoms with E-state index in [0.29, 0.717) is 11.4 Å². The van der Waals surface area contributed by atoms with Crippen molar-refractivity contribution in [1.29, 1.82) is 0 Å². The van der Waals surface area contributed by atoms with Crippen molar-refractivity contribution in [2.45, 2.75) is 51.6 Å². The van der Waals surface area contributed by atoms with Crippen molar-refractivity contribution in [3.63, 3.8) is 0 Å². The van der Waals surface area contributed by atoms with Crippen LogP contribution < -0.4 is 10.2 Å². The number of aryl methyl sites for hydroxylation is 2. The first kappa shape index (κ1) is 20.0. The molecule has 1 aliphatic rings. The standard InChI is InChI=1S/C24H26N2O4/c1-16-8-5-9-17(2)21(16)26(24(28)20-13-7-15-30-20)22(19-12-6-14-29-19)23(27)25-18-10-3-4-11-18/h5-9,12-15,18,22H,3-4,10-11H2,1-2H3,(H,25,27)/t22-/m1/s1. The van der Waals surface area contributed by atoms with Gasteiger partial charge in [-0.15, -0.1) is 0 Å². The van der Waals surface area contributed by atoms with E-state index in [1.165, 1.54) is 17.4 Å². The molecule has 0 aliphatic heterocycles. The highest BCUT2D eigenvalue weighted by Gasteiger charge is 2.38. The summed E-state index contributed by atoms with van der Waals surface area (Å²) in [4.78, 5) is 28.6. The van der Waals surface area contributed by atoms with E-state index >= 15 is 0 Å². The number of carbonyl (C=O) groups excluding carboxylic acids is 2. The van der Waals surface area contributed by atoms with Crippen molar-refractivity contribution in [1.82, 2.24) is 5.32 Å². The van der Waals surface area contributed by atoms with Crippen LogP contribution in [0.2, 0.25) is 0 Å². The van der Waals surface area contributed by atoms with Crippen molar-refractivity contribution in [3.8, 4) is 0 Å². The van der Waals surface area contributed by atoms with E-state index in [0.717, 1.165) is 36.8 Å². The van der Waals surface area contributed by atoms with E-state index < -0.39 is 6.04 Å². The predicted molar refractivity (Wildman–Crippen MR) is 113 cm³/mol. The topological polar surface area (TPSA) is 75.7 Å². The van der Waals surface area contributed by atoms with Gasteiger partial charge in [0.05, 0.1) is 18.2 Å². The van der Waals surface area contributed by atoms with Crippen LogP contribution in [-0.2, 0) is 4.79 Å². The third-order valence-corrected chi connectivity index (χ3v) is 5.65. The Morgan fingerprint density at radius 1 is 0.967 bits per heavy atom. The van der Waals surface area contributed by atoms with Gasteiger partial charge in [-0.3, -0.25) is 14.5 Å². The average Bonchev–Trinajstić information content (AvgIpc) is 3.49. The summed E-state index contributed by atoms with van der Waals surface area (Å²) in [6.07, 6.45) is 7.07. The van der Waals surface area contributed by atoms with Gasteiger partial charge in [0.1, 0.15) is 5.76 Å². The monoisotopic (exact) mass is 406 g/mol. The zero-order valence-corrected chi connectivity index (χ0v) is 17.3. The Morgan fingerprint density at radius 2 is 1.63 bits per heavy atom. The second-order valence-corrected chi connectivity index (χ2v) is 7.80. The fourth-order valence-corrected chi connectivity index (χ4v) is 4.22. The predicted octanol–water partition coefficient (Wildman–Crippen LogP) is 4.94. The molecule has 2 heterocycles. The minimum absolute atomic E-state index is 0.119. The zero-order chi connectivity index (χ0) is 21.1. The van der Waals surface area contributed by atoms with Gasteiger partial charge in [0.25, 0.3) is 11.8 Å². The molecule has 1 saturated carbocycles. The molecule has 4 rings (SSSR count). The highest BCUT2D eigenvalue weighted by Crippen LogP contribution is 2.35. The fourth-order valence-electron chi connectivity index (χ4n) is 4.22. The highest BCUT2D eigenvalue weighted by molar-refractivity contribution is 6.09. The Bertz CT molecular complexity index is 982. The molecule has 1 atom stereocenters. The normalized spacial score (nSPS) is 15.1. The first-order chi connectivity index (χ1) is 14.6. The lowest BCUT2D eigenvalue weighted by molar-refractivity contribution is -0.123. The van der Waals surface area contributed by atoms with Crippen LogP contribution in [0.5, 0.6) is 0 Å². The van der Waals surface area contributed by atoms with Crippen LogP contribution in [0.1, 0.15) is 59.2 Å². The smallest absolute Gasteiger partial charge is 0.295 e. The lowest BCUT2D eigenvalue weighted by atomic mass is 10.0. The number of furan rings is 2. The summed E-state index contributed by atoms with van der Waals surface area (Å²) in [6.45, 7) is 3.86. The number of hydrogen-bond donors (Lipinski definition) is 1. The maximum absolute atomic E-state index is 13.6. The van der Waals surface area contributed by atoms with Crippen molar-refractivity contribution in [2.24, 2.45) is 0 Å². The Kier molecular flexibility index (Phi) is 5.74. The molecule has 156 valence electrons. The SMILES string of the molecule is Cc1cccc(C)c1N(C(=O)c1ccco1)[C@@H](C(=O)NC1CCCC1)c1ccco1. The molecule has 3 aromatic rings. The molecule has 1 aromatic carbocycles. The molecule has 6 heteroatoms. The Hall–Kier alpha value is -3.28. The summed E-state index contributed by atoms with van der Waals surface area (Å²) in [5.74, 6) is -0.0595. The maximum atomic E-state index is 13.6. The van der Waals surface area contributed by atoms with Crippen LogP contribution in [-0.4, -0.2) is 17.9 Å². The van der Waals surface area contributed by atoms with Crippen molar-refractivity contribution < 1.29 is 18.4 Å². The first-order valence-corrected chi connectivity index (χ1v) is 10.3. The Labute approximate surface area is 175 Å². The third kappa shape index (κ3) is 3.90. The molecule has 0 bridgehead atoms. The Balaban J connectivity index is 1.82. The molecule has 6 nitrogen and oxygen atoms in total. The van der Waals surface area contributed by atoms with Crippen LogP contribution >= 0.6 is 0 Å². The highest BCUT2D eigenvalue weighted by atomic mass is 16.3. The fraction of sp³-hybridized carbons (Fsp3) is 0.333. The van der Waals surface area contributed by atoms with Crippen LogP contribution in [0.15, 0.2) is 63.8 Å². The number of amides is 2. The average molecular weight is 406 g/mol. The molecule has 2 amide bonds. The molecule has 1 N–H and O–H groups in total. The van der Waals surface area contributed by atoms with E-state index in [9.17, 15) is 9.59 Å². The van der Waals surface area contributed by atoms with Gasteiger partial charge < -0.3 is 14.2 Å².